The third-order valence-corrected chi connectivity index (χ3v) is 3.51. The average Bonchev–Trinajstić information content (AvgIpc) is 2.37. The van der Waals surface area contributed by atoms with Crippen molar-refractivity contribution in [1.82, 2.24) is 9.88 Å². The van der Waals surface area contributed by atoms with Crippen molar-refractivity contribution in [1.29, 1.82) is 0 Å². The maximum absolute atomic E-state index is 12.1. The van der Waals surface area contributed by atoms with E-state index in [1.54, 1.807) is 12.4 Å². The molecule has 0 atom stereocenters. The van der Waals surface area contributed by atoms with E-state index in [0.717, 1.165) is 4.90 Å². The molecule has 1 aromatic rings. The van der Waals surface area contributed by atoms with E-state index < -0.39 is 0 Å². The van der Waals surface area contributed by atoms with Gasteiger partial charge in [0.15, 0.2) is 0 Å². The van der Waals surface area contributed by atoms with E-state index in [1.165, 1.54) is 11.8 Å². The Morgan fingerprint density at radius 1 is 1.44 bits per heavy atom. The van der Waals surface area contributed by atoms with Crippen molar-refractivity contribution in [3.8, 4) is 0 Å². The molecule has 1 rings (SSSR count). The second-order valence-electron chi connectivity index (χ2n) is 4.23. The fourth-order valence-corrected chi connectivity index (χ4v) is 2.34. The Labute approximate surface area is 112 Å². The first kappa shape index (κ1) is 15.0. The van der Waals surface area contributed by atoms with Gasteiger partial charge in [-0.25, -0.2) is 0 Å². The van der Waals surface area contributed by atoms with Crippen LogP contribution < -0.4 is 0 Å². The van der Waals surface area contributed by atoms with Gasteiger partial charge in [-0.15, -0.1) is 11.8 Å². The second kappa shape index (κ2) is 8.11. The molecule has 0 aliphatic heterocycles. The van der Waals surface area contributed by atoms with Crippen molar-refractivity contribution >= 4 is 17.7 Å². The van der Waals surface area contributed by atoms with Crippen molar-refractivity contribution in [2.24, 2.45) is 0 Å². The molecule has 5 heteroatoms. The fraction of sp³-hybridized carbons (Fsp3) is 0.538. The number of aliphatic hydroxyl groups is 1. The molecule has 0 aromatic carbocycles. The molecule has 0 aliphatic carbocycles. The predicted molar refractivity (Wildman–Crippen MR) is 73.5 cm³/mol. The summed E-state index contributed by atoms with van der Waals surface area (Å²) in [6.45, 7) is 4.72. The van der Waals surface area contributed by atoms with Crippen LogP contribution in [-0.2, 0) is 4.79 Å². The quantitative estimate of drug-likeness (QED) is 0.766. The molecule has 0 spiro atoms. The highest BCUT2D eigenvalue weighted by molar-refractivity contribution is 8.00. The van der Waals surface area contributed by atoms with E-state index in [4.69, 9.17) is 5.11 Å². The topological polar surface area (TPSA) is 53.4 Å². The number of rotatable bonds is 7. The van der Waals surface area contributed by atoms with Crippen molar-refractivity contribution < 1.29 is 9.90 Å². The Morgan fingerprint density at radius 2 is 2.11 bits per heavy atom. The molecule has 0 saturated carbocycles. The fourth-order valence-electron chi connectivity index (χ4n) is 1.57. The number of carbonyl (C=O) groups excluding carboxylic acids is 1. The first-order chi connectivity index (χ1) is 8.65. The largest absolute Gasteiger partial charge is 0.396 e. The van der Waals surface area contributed by atoms with Crippen LogP contribution in [0.3, 0.4) is 0 Å². The lowest BCUT2D eigenvalue weighted by Gasteiger charge is -2.26. The minimum Gasteiger partial charge on any atom is -0.396 e. The summed E-state index contributed by atoms with van der Waals surface area (Å²) in [7, 11) is 0. The van der Waals surface area contributed by atoms with Crippen LogP contribution in [0.5, 0.6) is 0 Å². The standard InChI is InChI=1S/C13H20N2O2S/c1-11(2)15(8-3-9-16)13(17)10-18-12-4-6-14-7-5-12/h4-7,11,16H,3,8-10H2,1-2H3. The molecule has 0 fully saturated rings. The Kier molecular flexibility index (Phi) is 6.75. The number of pyridine rings is 1. The number of hydrogen-bond acceptors (Lipinski definition) is 4. The van der Waals surface area contributed by atoms with Crippen LogP contribution in [0.4, 0.5) is 0 Å². The van der Waals surface area contributed by atoms with Crippen molar-refractivity contribution in [3.05, 3.63) is 24.5 Å². The summed E-state index contributed by atoms with van der Waals surface area (Å²) in [5, 5.41) is 8.84. The van der Waals surface area contributed by atoms with Crippen LogP contribution >= 0.6 is 11.8 Å². The normalized spacial score (nSPS) is 10.7. The van der Waals surface area contributed by atoms with Gasteiger partial charge < -0.3 is 10.0 Å². The molecule has 0 radical (unpaired) electrons. The summed E-state index contributed by atoms with van der Waals surface area (Å²) in [4.78, 5) is 18.9. The van der Waals surface area contributed by atoms with Gasteiger partial charge in [0.05, 0.1) is 5.75 Å². The highest BCUT2D eigenvalue weighted by atomic mass is 32.2. The zero-order valence-electron chi connectivity index (χ0n) is 10.9. The summed E-state index contributed by atoms with van der Waals surface area (Å²) in [5.41, 5.74) is 0. The first-order valence-corrected chi connectivity index (χ1v) is 7.07. The van der Waals surface area contributed by atoms with Crippen LogP contribution in [0.25, 0.3) is 0 Å². The van der Waals surface area contributed by atoms with Crippen LogP contribution in [0.1, 0.15) is 20.3 Å². The summed E-state index contributed by atoms with van der Waals surface area (Å²) in [6, 6.07) is 3.96. The van der Waals surface area contributed by atoms with Gasteiger partial charge >= 0.3 is 0 Å². The van der Waals surface area contributed by atoms with E-state index in [9.17, 15) is 4.79 Å². The average molecular weight is 268 g/mol. The van der Waals surface area contributed by atoms with Gasteiger partial charge in [0.25, 0.3) is 0 Å². The molecule has 1 amide bonds. The Bertz CT molecular complexity index is 357. The van der Waals surface area contributed by atoms with E-state index in [-0.39, 0.29) is 18.6 Å². The smallest absolute Gasteiger partial charge is 0.233 e. The number of carbonyl (C=O) groups is 1. The van der Waals surface area contributed by atoms with E-state index >= 15 is 0 Å². The van der Waals surface area contributed by atoms with Crippen molar-refractivity contribution in [3.63, 3.8) is 0 Å². The van der Waals surface area contributed by atoms with Gasteiger partial charge in [0.1, 0.15) is 0 Å². The lowest BCUT2D eigenvalue weighted by atomic mass is 10.3. The number of hydrogen-bond donors (Lipinski definition) is 1. The molecule has 1 N–H and O–H groups in total. The van der Waals surface area contributed by atoms with Crippen molar-refractivity contribution in [2.75, 3.05) is 18.9 Å². The van der Waals surface area contributed by atoms with E-state index in [0.29, 0.717) is 18.7 Å². The molecule has 18 heavy (non-hydrogen) atoms. The zero-order chi connectivity index (χ0) is 13.4. The van der Waals surface area contributed by atoms with Gasteiger partial charge in [-0.3, -0.25) is 9.78 Å². The zero-order valence-corrected chi connectivity index (χ0v) is 11.7. The summed E-state index contributed by atoms with van der Waals surface area (Å²) >= 11 is 1.51. The molecule has 0 saturated heterocycles. The number of amides is 1. The van der Waals surface area contributed by atoms with Gasteiger partial charge in [0, 0.05) is 36.5 Å². The Morgan fingerprint density at radius 3 is 2.67 bits per heavy atom. The number of aliphatic hydroxyl groups excluding tert-OH is 1. The number of nitrogens with zero attached hydrogens (tertiary/aromatic N) is 2. The minimum absolute atomic E-state index is 0.111. The number of aromatic nitrogens is 1. The highest BCUT2D eigenvalue weighted by Gasteiger charge is 2.16. The summed E-state index contributed by atoms with van der Waals surface area (Å²) in [6.07, 6.45) is 4.07. The highest BCUT2D eigenvalue weighted by Crippen LogP contribution is 2.17. The summed E-state index contributed by atoms with van der Waals surface area (Å²) < 4.78 is 0. The molecule has 1 heterocycles. The maximum atomic E-state index is 12.1. The molecule has 0 unspecified atom stereocenters. The molecule has 100 valence electrons. The number of thioether (sulfide) groups is 1. The van der Waals surface area contributed by atoms with E-state index in [1.807, 2.05) is 30.9 Å². The SMILES string of the molecule is CC(C)N(CCCO)C(=O)CSc1ccncc1. The van der Waals surface area contributed by atoms with E-state index in [2.05, 4.69) is 4.98 Å². The molecule has 4 nitrogen and oxygen atoms in total. The molecule has 0 aliphatic rings. The van der Waals surface area contributed by atoms with Gasteiger partial charge in [-0.2, -0.15) is 0 Å². The lowest BCUT2D eigenvalue weighted by Crippen LogP contribution is -2.39. The molecule has 0 bridgehead atoms. The Hall–Kier alpha value is -1.07. The van der Waals surface area contributed by atoms with Crippen LogP contribution in [0.15, 0.2) is 29.4 Å². The van der Waals surface area contributed by atoms with Crippen LogP contribution in [0.2, 0.25) is 0 Å². The van der Waals surface area contributed by atoms with Gasteiger partial charge in [0.2, 0.25) is 5.91 Å². The van der Waals surface area contributed by atoms with Crippen LogP contribution in [-0.4, -0.2) is 45.8 Å². The van der Waals surface area contributed by atoms with Gasteiger partial charge in [-0.1, -0.05) is 0 Å². The molecular formula is C13H20N2O2S. The molecular weight excluding hydrogens is 248 g/mol. The van der Waals surface area contributed by atoms with Crippen molar-refractivity contribution in [2.45, 2.75) is 31.2 Å². The third kappa shape index (κ3) is 5.06. The van der Waals surface area contributed by atoms with Gasteiger partial charge in [-0.05, 0) is 32.4 Å². The Balaban J connectivity index is 2.46. The second-order valence-corrected chi connectivity index (χ2v) is 5.28. The third-order valence-electron chi connectivity index (χ3n) is 2.51. The van der Waals surface area contributed by atoms with Crippen LogP contribution in [0, 0.1) is 0 Å². The first-order valence-electron chi connectivity index (χ1n) is 6.08. The predicted octanol–water partition coefficient (Wildman–Crippen LogP) is 1.79. The minimum atomic E-state index is 0.111. The summed E-state index contributed by atoms with van der Waals surface area (Å²) in [5.74, 6) is 0.536. The maximum Gasteiger partial charge on any atom is 0.233 e. The monoisotopic (exact) mass is 268 g/mol. The molecule has 1 aromatic heterocycles. The lowest BCUT2D eigenvalue weighted by molar-refractivity contribution is -0.130.